The molecule has 0 aliphatic carbocycles. The molecule has 0 aliphatic rings. The van der Waals surface area contributed by atoms with E-state index < -0.39 is 5.60 Å². The molecule has 0 spiro atoms. The minimum Gasteiger partial charge on any atom is -0.495 e. The molecule has 1 aromatic heterocycles. The predicted molar refractivity (Wildman–Crippen MR) is 54.0 cm³/mol. The SMILES string of the molecule is COc1cncc(C#CC(C)(C)O)c1. The lowest BCUT2D eigenvalue weighted by Crippen LogP contribution is -2.14. The number of nitrogens with zero attached hydrogens (tertiary/aromatic N) is 1. The summed E-state index contributed by atoms with van der Waals surface area (Å²) < 4.78 is 4.99. The highest BCUT2D eigenvalue weighted by Gasteiger charge is 2.05. The molecule has 1 rings (SSSR count). The van der Waals surface area contributed by atoms with Crippen molar-refractivity contribution in [1.82, 2.24) is 4.98 Å². The molecule has 0 radical (unpaired) electrons. The third-order valence-electron chi connectivity index (χ3n) is 1.46. The Balaban J connectivity index is 2.90. The lowest BCUT2D eigenvalue weighted by atomic mass is 10.1. The zero-order chi connectivity index (χ0) is 10.6. The lowest BCUT2D eigenvalue weighted by molar-refractivity contribution is 0.143. The normalized spacial score (nSPS) is 10.3. The Morgan fingerprint density at radius 2 is 2.14 bits per heavy atom. The summed E-state index contributed by atoms with van der Waals surface area (Å²) in [6, 6.07) is 1.77. The zero-order valence-electron chi connectivity index (χ0n) is 8.53. The van der Waals surface area contributed by atoms with Crippen LogP contribution >= 0.6 is 0 Å². The van der Waals surface area contributed by atoms with E-state index in [9.17, 15) is 5.11 Å². The van der Waals surface area contributed by atoms with E-state index in [2.05, 4.69) is 16.8 Å². The molecule has 1 heterocycles. The summed E-state index contributed by atoms with van der Waals surface area (Å²) in [4.78, 5) is 3.95. The summed E-state index contributed by atoms with van der Waals surface area (Å²) in [7, 11) is 1.57. The molecule has 0 unspecified atom stereocenters. The van der Waals surface area contributed by atoms with Gasteiger partial charge in [0.15, 0.2) is 0 Å². The van der Waals surface area contributed by atoms with E-state index in [0.717, 1.165) is 5.56 Å². The van der Waals surface area contributed by atoms with E-state index >= 15 is 0 Å². The summed E-state index contributed by atoms with van der Waals surface area (Å²) in [6.45, 7) is 3.27. The Morgan fingerprint density at radius 3 is 2.71 bits per heavy atom. The van der Waals surface area contributed by atoms with E-state index in [1.807, 2.05) is 0 Å². The van der Waals surface area contributed by atoms with Crippen molar-refractivity contribution in [3.8, 4) is 17.6 Å². The first-order valence-corrected chi connectivity index (χ1v) is 4.26. The molecule has 0 aliphatic heterocycles. The molecule has 0 saturated carbocycles. The van der Waals surface area contributed by atoms with E-state index in [1.54, 1.807) is 39.4 Å². The lowest BCUT2D eigenvalue weighted by Gasteiger charge is -2.05. The van der Waals surface area contributed by atoms with Crippen molar-refractivity contribution in [2.24, 2.45) is 0 Å². The summed E-state index contributed by atoms with van der Waals surface area (Å²) in [5.74, 6) is 6.18. The van der Waals surface area contributed by atoms with Crippen LogP contribution in [0.4, 0.5) is 0 Å². The van der Waals surface area contributed by atoms with Gasteiger partial charge >= 0.3 is 0 Å². The molecule has 0 fully saturated rings. The molecule has 3 heteroatoms. The highest BCUT2D eigenvalue weighted by atomic mass is 16.5. The standard InChI is InChI=1S/C11H13NO2/c1-11(2,13)5-4-9-6-10(14-3)8-12-7-9/h6-8,13H,1-3H3. The molecule has 0 bridgehead atoms. The number of rotatable bonds is 1. The van der Waals surface area contributed by atoms with E-state index in [1.165, 1.54) is 0 Å². The fourth-order valence-corrected chi connectivity index (χ4v) is 0.824. The Bertz CT molecular complexity index is 369. The minimum absolute atomic E-state index is 0.660. The Labute approximate surface area is 83.7 Å². The molecule has 0 saturated heterocycles. The molecule has 0 aromatic carbocycles. The predicted octanol–water partition coefficient (Wildman–Crippen LogP) is 1.21. The van der Waals surface area contributed by atoms with Crippen LogP contribution in [0.5, 0.6) is 5.75 Å². The summed E-state index contributed by atoms with van der Waals surface area (Å²) in [5, 5.41) is 9.38. The van der Waals surface area contributed by atoms with Gasteiger partial charge in [-0.2, -0.15) is 0 Å². The molecule has 3 nitrogen and oxygen atoms in total. The van der Waals surface area contributed by atoms with Crippen LogP contribution in [0.3, 0.4) is 0 Å². The van der Waals surface area contributed by atoms with Crippen molar-refractivity contribution in [3.63, 3.8) is 0 Å². The van der Waals surface area contributed by atoms with Gasteiger partial charge in [0.2, 0.25) is 0 Å². The number of hydrogen-bond donors (Lipinski definition) is 1. The molecule has 14 heavy (non-hydrogen) atoms. The molecule has 1 N–H and O–H groups in total. The van der Waals surface area contributed by atoms with Crippen LogP contribution < -0.4 is 4.74 Å². The summed E-state index contributed by atoms with van der Waals surface area (Å²) in [5.41, 5.74) is -0.255. The van der Waals surface area contributed by atoms with Crippen LogP contribution in [0, 0.1) is 11.8 Å². The maximum absolute atomic E-state index is 9.38. The van der Waals surface area contributed by atoms with E-state index in [-0.39, 0.29) is 0 Å². The highest BCUT2D eigenvalue weighted by Crippen LogP contribution is 2.09. The smallest absolute Gasteiger partial charge is 0.138 e. The number of ether oxygens (including phenoxy) is 1. The maximum atomic E-state index is 9.38. The first-order valence-electron chi connectivity index (χ1n) is 4.26. The minimum atomic E-state index is -0.983. The molecule has 0 amide bonds. The molecule has 74 valence electrons. The monoisotopic (exact) mass is 191 g/mol. The first-order chi connectivity index (χ1) is 6.51. The fraction of sp³-hybridized carbons (Fsp3) is 0.364. The zero-order valence-corrected chi connectivity index (χ0v) is 8.53. The Hall–Kier alpha value is -1.53. The van der Waals surface area contributed by atoms with Gasteiger partial charge in [0.25, 0.3) is 0 Å². The number of aromatic nitrogens is 1. The van der Waals surface area contributed by atoms with Crippen molar-refractivity contribution in [3.05, 3.63) is 24.0 Å². The van der Waals surface area contributed by atoms with Crippen LogP contribution in [-0.4, -0.2) is 22.8 Å². The average Bonchev–Trinajstić information content (AvgIpc) is 2.14. The van der Waals surface area contributed by atoms with Crippen molar-refractivity contribution < 1.29 is 9.84 Å². The third-order valence-corrected chi connectivity index (χ3v) is 1.46. The number of aliphatic hydroxyl groups is 1. The summed E-state index contributed by atoms with van der Waals surface area (Å²) >= 11 is 0. The quantitative estimate of drug-likeness (QED) is 0.678. The average molecular weight is 191 g/mol. The van der Waals surface area contributed by atoms with Gasteiger partial charge in [-0.3, -0.25) is 4.98 Å². The number of hydrogen-bond acceptors (Lipinski definition) is 3. The Morgan fingerprint density at radius 1 is 1.43 bits per heavy atom. The summed E-state index contributed by atoms with van der Waals surface area (Å²) in [6.07, 6.45) is 3.23. The highest BCUT2D eigenvalue weighted by molar-refractivity contribution is 5.37. The van der Waals surface area contributed by atoms with Crippen LogP contribution in [0.15, 0.2) is 18.5 Å². The van der Waals surface area contributed by atoms with Gasteiger partial charge in [-0.05, 0) is 19.9 Å². The number of pyridine rings is 1. The van der Waals surface area contributed by atoms with Crippen LogP contribution in [0.2, 0.25) is 0 Å². The number of methoxy groups -OCH3 is 1. The fourth-order valence-electron chi connectivity index (χ4n) is 0.824. The topological polar surface area (TPSA) is 42.4 Å². The second-order valence-electron chi connectivity index (χ2n) is 3.42. The molecular weight excluding hydrogens is 178 g/mol. The third kappa shape index (κ3) is 3.46. The Kier molecular flexibility index (Phi) is 3.10. The van der Waals surface area contributed by atoms with Gasteiger partial charge in [0.05, 0.1) is 13.3 Å². The van der Waals surface area contributed by atoms with Crippen molar-refractivity contribution >= 4 is 0 Å². The van der Waals surface area contributed by atoms with Gasteiger partial charge in [0, 0.05) is 11.8 Å². The van der Waals surface area contributed by atoms with Crippen molar-refractivity contribution in [2.75, 3.05) is 7.11 Å². The van der Waals surface area contributed by atoms with Gasteiger partial charge in [-0.15, -0.1) is 0 Å². The van der Waals surface area contributed by atoms with Crippen LogP contribution in [-0.2, 0) is 0 Å². The van der Waals surface area contributed by atoms with Crippen molar-refractivity contribution in [1.29, 1.82) is 0 Å². The first kappa shape index (κ1) is 10.6. The van der Waals surface area contributed by atoms with Gasteiger partial charge in [-0.1, -0.05) is 11.8 Å². The molecule has 0 atom stereocenters. The van der Waals surface area contributed by atoms with Crippen LogP contribution in [0.25, 0.3) is 0 Å². The molecule has 1 aromatic rings. The van der Waals surface area contributed by atoms with E-state index in [4.69, 9.17) is 4.74 Å². The largest absolute Gasteiger partial charge is 0.495 e. The second-order valence-corrected chi connectivity index (χ2v) is 3.42. The van der Waals surface area contributed by atoms with Gasteiger partial charge in [0.1, 0.15) is 11.4 Å². The molecular formula is C11H13NO2. The van der Waals surface area contributed by atoms with E-state index in [0.29, 0.717) is 5.75 Å². The van der Waals surface area contributed by atoms with Crippen molar-refractivity contribution in [2.45, 2.75) is 19.4 Å². The maximum Gasteiger partial charge on any atom is 0.138 e. The van der Waals surface area contributed by atoms with Gasteiger partial charge < -0.3 is 9.84 Å². The second kappa shape index (κ2) is 4.12. The van der Waals surface area contributed by atoms with Crippen LogP contribution in [0.1, 0.15) is 19.4 Å². The van der Waals surface area contributed by atoms with Gasteiger partial charge in [-0.25, -0.2) is 0 Å².